The Morgan fingerprint density at radius 1 is 1.17 bits per heavy atom. The van der Waals surface area contributed by atoms with E-state index in [1.54, 1.807) is 0 Å². The number of nitrogens with zero attached hydrogens (tertiary/aromatic N) is 4. The number of aromatic nitrogens is 3. The van der Waals surface area contributed by atoms with Crippen LogP contribution in [-0.2, 0) is 24.2 Å². The van der Waals surface area contributed by atoms with Crippen LogP contribution in [0.1, 0.15) is 47.3 Å². The average Bonchev–Trinajstić information content (AvgIpc) is 2.90. The maximum atomic E-state index is 11.5. The first-order chi connectivity index (χ1) is 11.6. The highest BCUT2D eigenvalue weighted by Gasteiger charge is 2.20. The molecule has 2 heterocycles. The molecule has 2 aromatic rings. The van der Waals surface area contributed by atoms with Gasteiger partial charge in [-0.2, -0.15) is 0 Å². The first kappa shape index (κ1) is 16.6. The molecule has 24 heavy (non-hydrogen) atoms. The second-order valence-electron chi connectivity index (χ2n) is 6.50. The molecule has 0 amide bonds. The molecule has 0 saturated carbocycles. The summed E-state index contributed by atoms with van der Waals surface area (Å²) in [6, 6.07) is 7.64. The Labute approximate surface area is 142 Å². The van der Waals surface area contributed by atoms with Gasteiger partial charge in [-0.15, -0.1) is 10.2 Å². The molecule has 0 unspecified atom stereocenters. The van der Waals surface area contributed by atoms with Gasteiger partial charge in [-0.3, -0.25) is 4.90 Å². The molecule has 1 aliphatic rings. The molecule has 1 aromatic carbocycles. The quantitative estimate of drug-likeness (QED) is 0.806. The van der Waals surface area contributed by atoms with Crippen LogP contribution in [0, 0.1) is 0 Å². The Morgan fingerprint density at radius 3 is 2.58 bits per heavy atom. The topological polar surface area (TPSA) is 60.2 Å². The number of fused-ring (bicyclic) bond motifs is 1. The molecular weight excluding hydrogens is 304 g/mol. The predicted octanol–water partition coefficient (Wildman–Crippen LogP) is 2.25. The highest BCUT2D eigenvalue weighted by Crippen LogP contribution is 2.17. The van der Waals surface area contributed by atoms with E-state index in [0.717, 1.165) is 44.2 Å². The molecular formula is C18H24N4O2. The number of rotatable bonds is 4. The van der Waals surface area contributed by atoms with E-state index in [-0.39, 0.29) is 5.97 Å². The highest BCUT2D eigenvalue weighted by molar-refractivity contribution is 5.89. The number of carbonyl (C=O) groups excluding carboxylic acids is 1. The van der Waals surface area contributed by atoms with E-state index in [1.807, 2.05) is 24.3 Å². The second kappa shape index (κ2) is 7.13. The summed E-state index contributed by atoms with van der Waals surface area (Å²) < 4.78 is 7.00. The molecule has 1 aromatic heterocycles. The van der Waals surface area contributed by atoms with Crippen LogP contribution < -0.4 is 0 Å². The van der Waals surface area contributed by atoms with Gasteiger partial charge in [0.15, 0.2) is 0 Å². The van der Waals surface area contributed by atoms with Crippen molar-refractivity contribution in [2.24, 2.45) is 0 Å². The van der Waals surface area contributed by atoms with Crippen molar-refractivity contribution < 1.29 is 9.53 Å². The molecule has 0 aliphatic carbocycles. The molecule has 0 saturated heterocycles. The van der Waals surface area contributed by atoms with Crippen molar-refractivity contribution in [2.75, 3.05) is 20.2 Å². The van der Waals surface area contributed by atoms with Gasteiger partial charge in [0.2, 0.25) is 0 Å². The van der Waals surface area contributed by atoms with Gasteiger partial charge in [0.1, 0.15) is 11.6 Å². The van der Waals surface area contributed by atoms with Gasteiger partial charge in [0, 0.05) is 38.5 Å². The summed E-state index contributed by atoms with van der Waals surface area (Å²) in [4.78, 5) is 13.9. The summed E-state index contributed by atoms with van der Waals surface area (Å²) in [7, 11) is 1.40. The molecule has 0 bridgehead atoms. The van der Waals surface area contributed by atoms with Crippen LogP contribution in [-0.4, -0.2) is 45.8 Å². The normalized spacial score (nSPS) is 15.2. The van der Waals surface area contributed by atoms with Gasteiger partial charge in [0.25, 0.3) is 0 Å². The van der Waals surface area contributed by atoms with Crippen LogP contribution in [0.4, 0.5) is 0 Å². The minimum atomic E-state index is -0.296. The van der Waals surface area contributed by atoms with E-state index in [0.29, 0.717) is 11.5 Å². The third kappa shape index (κ3) is 3.48. The minimum Gasteiger partial charge on any atom is -0.465 e. The molecule has 0 atom stereocenters. The molecule has 6 heteroatoms. The van der Waals surface area contributed by atoms with Gasteiger partial charge in [-0.1, -0.05) is 26.0 Å². The van der Waals surface area contributed by atoms with Crippen molar-refractivity contribution in [1.29, 1.82) is 0 Å². The Balaban J connectivity index is 1.64. The zero-order chi connectivity index (χ0) is 17.1. The number of carbonyl (C=O) groups is 1. The van der Waals surface area contributed by atoms with Crippen molar-refractivity contribution in [2.45, 2.75) is 39.3 Å². The van der Waals surface area contributed by atoms with Crippen molar-refractivity contribution in [1.82, 2.24) is 19.7 Å². The largest absolute Gasteiger partial charge is 0.465 e. The van der Waals surface area contributed by atoms with Crippen molar-refractivity contribution >= 4 is 5.97 Å². The fourth-order valence-electron chi connectivity index (χ4n) is 3.10. The Kier molecular flexibility index (Phi) is 4.94. The molecule has 0 spiro atoms. The fraction of sp³-hybridized carbons (Fsp3) is 0.500. The maximum Gasteiger partial charge on any atom is 0.337 e. The SMILES string of the molecule is COC(=O)c1ccc(CN2CCc3nnc(C(C)C)n3CC2)cc1. The van der Waals surface area contributed by atoms with Gasteiger partial charge in [0.05, 0.1) is 12.7 Å². The first-order valence-corrected chi connectivity index (χ1v) is 8.40. The standard InChI is InChI=1S/C18H24N4O2/c1-13(2)17-20-19-16-8-9-21(10-11-22(16)17)12-14-4-6-15(7-5-14)18(23)24-3/h4-7,13H,8-12H2,1-3H3. The highest BCUT2D eigenvalue weighted by atomic mass is 16.5. The summed E-state index contributed by atoms with van der Waals surface area (Å²) in [6.07, 6.45) is 0.917. The smallest absolute Gasteiger partial charge is 0.337 e. The van der Waals surface area contributed by atoms with Gasteiger partial charge in [-0.25, -0.2) is 4.79 Å². The molecule has 0 N–H and O–H groups in total. The third-order valence-electron chi connectivity index (χ3n) is 4.45. The summed E-state index contributed by atoms with van der Waals surface area (Å²) >= 11 is 0. The Morgan fingerprint density at radius 2 is 1.92 bits per heavy atom. The molecule has 0 radical (unpaired) electrons. The summed E-state index contributed by atoms with van der Waals surface area (Å²) in [5, 5.41) is 8.69. The average molecular weight is 328 g/mol. The lowest BCUT2D eigenvalue weighted by Crippen LogP contribution is -2.26. The van der Waals surface area contributed by atoms with E-state index in [1.165, 1.54) is 12.7 Å². The lowest BCUT2D eigenvalue weighted by atomic mass is 10.1. The fourth-order valence-corrected chi connectivity index (χ4v) is 3.10. The van der Waals surface area contributed by atoms with E-state index in [4.69, 9.17) is 4.74 Å². The zero-order valence-electron chi connectivity index (χ0n) is 14.5. The number of hydrogen-bond donors (Lipinski definition) is 0. The lowest BCUT2D eigenvalue weighted by molar-refractivity contribution is 0.0600. The van der Waals surface area contributed by atoms with Crippen LogP contribution in [0.15, 0.2) is 24.3 Å². The second-order valence-corrected chi connectivity index (χ2v) is 6.50. The summed E-state index contributed by atoms with van der Waals surface area (Å²) in [5.74, 6) is 2.26. The molecule has 128 valence electrons. The van der Waals surface area contributed by atoms with Crippen molar-refractivity contribution in [3.8, 4) is 0 Å². The summed E-state index contributed by atoms with van der Waals surface area (Å²) in [6.45, 7) is 8.05. The molecule has 1 aliphatic heterocycles. The minimum absolute atomic E-state index is 0.296. The molecule has 3 rings (SSSR count). The summed E-state index contributed by atoms with van der Waals surface area (Å²) in [5.41, 5.74) is 1.79. The van der Waals surface area contributed by atoms with Crippen LogP contribution in [0.2, 0.25) is 0 Å². The van der Waals surface area contributed by atoms with Crippen molar-refractivity contribution in [3.05, 3.63) is 47.0 Å². The Hall–Kier alpha value is -2.21. The predicted molar refractivity (Wildman–Crippen MR) is 90.9 cm³/mol. The monoisotopic (exact) mass is 328 g/mol. The van der Waals surface area contributed by atoms with Gasteiger partial charge < -0.3 is 9.30 Å². The van der Waals surface area contributed by atoms with Gasteiger partial charge >= 0.3 is 5.97 Å². The van der Waals surface area contributed by atoms with E-state index >= 15 is 0 Å². The Bertz CT molecular complexity index is 706. The third-order valence-corrected chi connectivity index (χ3v) is 4.45. The zero-order valence-corrected chi connectivity index (χ0v) is 14.5. The van der Waals surface area contributed by atoms with Gasteiger partial charge in [-0.05, 0) is 17.7 Å². The maximum absolute atomic E-state index is 11.5. The molecule has 6 nitrogen and oxygen atoms in total. The number of benzene rings is 1. The van der Waals surface area contributed by atoms with Crippen LogP contribution in [0.25, 0.3) is 0 Å². The van der Waals surface area contributed by atoms with Crippen molar-refractivity contribution in [3.63, 3.8) is 0 Å². The van der Waals surface area contributed by atoms with E-state index in [9.17, 15) is 4.79 Å². The van der Waals surface area contributed by atoms with Crippen LogP contribution in [0.3, 0.4) is 0 Å². The number of ether oxygens (including phenoxy) is 1. The van der Waals surface area contributed by atoms with E-state index < -0.39 is 0 Å². The number of methoxy groups -OCH3 is 1. The van der Waals surface area contributed by atoms with Crippen LogP contribution >= 0.6 is 0 Å². The van der Waals surface area contributed by atoms with Crippen LogP contribution in [0.5, 0.6) is 0 Å². The number of hydrogen-bond acceptors (Lipinski definition) is 5. The molecule has 0 fully saturated rings. The first-order valence-electron chi connectivity index (χ1n) is 8.40. The lowest BCUT2D eigenvalue weighted by Gasteiger charge is -2.20. The number of esters is 1. The van der Waals surface area contributed by atoms with E-state index in [2.05, 4.69) is 33.5 Å².